The predicted molar refractivity (Wildman–Crippen MR) is 87.0 cm³/mol. The first-order valence-electron chi connectivity index (χ1n) is 7.29. The molecule has 0 aliphatic carbocycles. The maximum Gasteiger partial charge on any atom is 0.324 e. The summed E-state index contributed by atoms with van der Waals surface area (Å²) in [6.07, 6.45) is -1.31. The SMILES string of the molecule is C[C@@H](OC(=O)[C@@H](N)CCC(N)=O)[C@H](N)C(=O)O.NC(=O)C[C@H](N)C(=O)O. The zero-order chi connectivity index (χ0) is 21.0. The monoisotopic (exact) mass is 379 g/mol. The Morgan fingerprint density at radius 3 is 1.69 bits per heavy atom. The molecule has 0 spiro atoms. The normalized spacial score (nSPS) is 14.6. The summed E-state index contributed by atoms with van der Waals surface area (Å²) in [7, 11) is 0. The first-order chi connectivity index (χ1) is 11.8. The molecule has 0 heterocycles. The van der Waals surface area contributed by atoms with E-state index in [-0.39, 0.29) is 19.3 Å². The molecule has 2 amide bonds. The zero-order valence-corrected chi connectivity index (χ0v) is 14.2. The van der Waals surface area contributed by atoms with Crippen molar-refractivity contribution in [2.24, 2.45) is 28.7 Å². The number of hydrogen-bond acceptors (Lipinski definition) is 9. The van der Waals surface area contributed by atoms with E-state index in [9.17, 15) is 24.0 Å². The van der Waals surface area contributed by atoms with Gasteiger partial charge in [-0.05, 0) is 13.3 Å². The van der Waals surface area contributed by atoms with Crippen LogP contribution < -0.4 is 28.7 Å². The van der Waals surface area contributed by atoms with Crippen molar-refractivity contribution in [3.8, 4) is 0 Å². The predicted octanol–water partition coefficient (Wildman–Crippen LogP) is -3.80. The van der Waals surface area contributed by atoms with E-state index in [4.69, 9.17) is 37.9 Å². The van der Waals surface area contributed by atoms with E-state index in [1.165, 1.54) is 6.92 Å². The molecule has 0 bridgehead atoms. The fourth-order valence-corrected chi connectivity index (χ4v) is 1.26. The van der Waals surface area contributed by atoms with Crippen LogP contribution in [-0.2, 0) is 28.7 Å². The molecule has 0 aromatic heterocycles. The lowest BCUT2D eigenvalue weighted by Crippen LogP contribution is -2.45. The minimum absolute atomic E-state index is 0.0448. The van der Waals surface area contributed by atoms with Crippen LogP contribution in [0.5, 0.6) is 0 Å². The Kier molecular flexibility index (Phi) is 12.3. The molecule has 150 valence electrons. The van der Waals surface area contributed by atoms with Gasteiger partial charge in [-0.25, -0.2) is 0 Å². The van der Waals surface area contributed by atoms with E-state index in [2.05, 4.69) is 5.73 Å². The molecule has 12 N–H and O–H groups in total. The molecule has 0 aromatic rings. The molecular formula is C13H25N5O8. The van der Waals surface area contributed by atoms with Gasteiger partial charge < -0.3 is 43.6 Å². The number of aliphatic carboxylic acids is 2. The minimum Gasteiger partial charge on any atom is -0.480 e. The van der Waals surface area contributed by atoms with Gasteiger partial charge in [0, 0.05) is 6.42 Å². The van der Waals surface area contributed by atoms with Gasteiger partial charge in [-0.1, -0.05) is 0 Å². The number of rotatable bonds is 10. The van der Waals surface area contributed by atoms with Crippen LogP contribution in [0.1, 0.15) is 26.2 Å². The van der Waals surface area contributed by atoms with Crippen molar-refractivity contribution in [2.45, 2.75) is 50.4 Å². The molecular weight excluding hydrogens is 354 g/mol. The largest absolute Gasteiger partial charge is 0.480 e. The van der Waals surface area contributed by atoms with Gasteiger partial charge in [-0.15, -0.1) is 0 Å². The third-order valence-corrected chi connectivity index (χ3v) is 2.84. The Labute approximate surface area is 148 Å². The summed E-state index contributed by atoms with van der Waals surface area (Å²) in [5, 5.41) is 16.7. The fourth-order valence-electron chi connectivity index (χ4n) is 1.26. The van der Waals surface area contributed by atoms with Crippen LogP contribution in [0.3, 0.4) is 0 Å². The van der Waals surface area contributed by atoms with Crippen molar-refractivity contribution in [3.63, 3.8) is 0 Å². The van der Waals surface area contributed by atoms with Crippen LogP contribution in [0, 0.1) is 0 Å². The number of ether oxygens (including phenoxy) is 1. The number of hydrogen-bond donors (Lipinski definition) is 7. The number of nitrogens with two attached hydrogens (primary N) is 5. The molecule has 26 heavy (non-hydrogen) atoms. The number of carbonyl (C=O) groups excluding carboxylic acids is 3. The molecule has 13 heteroatoms. The summed E-state index contributed by atoms with van der Waals surface area (Å²) in [5.41, 5.74) is 25.1. The number of carboxylic acids is 2. The van der Waals surface area contributed by atoms with Crippen LogP contribution in [-0.4, -0.2) is 64.2 Å². The second-order valence-corrected chi connectivity index (χ2v) is 5.23. The van der Waals surface area contributed by atoms with E-state index in [1.54, 1.807) is 0 Å². The first-order valence-corrected chi connectivity index (χ1v) is 7.29. The molecule has 0 aromatic carbocycles. The first kappa shape index (κ1) is 25.5. The number of primary amides is 2. The van der Waals surface area contributed by atoms with E-state index in [1.807, 2.05) is 0 Å². The average molecular weight is 379 g/mol. The van der Waals surface area contributed by atoms with Crippen molar-refractivity contribution in [1.29, 1.82) is 0 Å². The molecule has 0 aliphatic rings. The summed E-state index contributed by atoms with van der Waals surface area (Å²) < 4.78 is 4.75. The summed E-state index contributed by atoms with van der Waals surface area (Å²) >= 11 is 0. The minimum atomic E-state index is -1.32. The van der Waals surface area contributed by atoms with Gasteiger partial charge in [-0.3, -0.25) is 24.0 Å². The van der Waals surface area contributed by atoms with Crippen molar-refractivity contribution < 1.29 is 38.9 Å². The average Bonchev–Trinajstić information content (AvgIpc) is 2.51. The van der Waals surface area contributed by atoms with E-state index in [0.29, 0.717) is 0 Å². The standard InChI is InChI=1S/C9H17N3O5.C4H8N2O3/c1-4(7(12)8(14)15)17-9(16)5(10)2-3-6(11)13;5-2(4(8)9)1-3(6)7/h4-5,7H,2-3,10,12H2,1H3,(H2,11,13)(H,14,15);2H,1,5H2,(H2,6,7)(H,8,9)/t4-,5+,7+;2-/m10/s1. The molecule has 0 unspecified atom stereocenters. The van der Waals surface area contributed by atoms with E-state index < -0.39 is 54.0 Å². The Hall–Kier alpha value is -2.77. The smallest absolute Gasteiger partial charge is 0.324 e. The summed E-state index contributed by atoms with van der Waals surface area (Å²) in [6, 6.07) is -3.50. The van der Waals surface area contributed by atoms with Gasteiger partial charge in [0.05, 0.1) is 6.42 Å². The van der Waals surface area contributed by atoms with E-state index >= 15 is 0 Å². The molecule has 13 nitrogen and oxygen atoms in total. The molecule has 0 fully saturated rings. The van der Waals surface area contributed by atoms with E-state index in [0.717, 1.165) is 0 Å². The van der Waals surface area contributed by atoms with Crippen LogP contribution in [0.25, 0.3) is 0 Å². The zero-order valence-electron chi connectivity index (χ0n) is 14.2. The molecule has 0 saturated heterocycles. The lowest BCUT2D eigenvalue weighted by molar-refractivity contribution is -0.155. The Balaban J connectivity index is 0. The van der Waals surface area contributed by atoms with Crippen molar-refractivity contribution in [2.75, 3.05) is 0 Å². The molecule has 0 radical (unpaired) electrons. The summed E-state index contributed by atoms with van der Waals surface area (Å²) in [6.45, 7) is 1.34. The summed E-state index contributed by atoms with van der Waals surface area (Å²) in [5.74, 6) is -4.59. The highest BCUT2D eigenvalue weighted by Gasteiger charge is 2.26. The molecule has 0 saturated carbocycles. The molecule has 0 rings (SSSR count). The van der Waals surface area contributed by atoms with Crippen LogP contribution in [0.4, 0.5) is 0 Å². The second-order valence-electron chi connectivity index (χ2n) is 5.23. The van der Waals surface area contributed by atoms with Crippen molar-refractivity contribution in [3.05, 3.63) is 0 Å². The van der Waals surface area contributed by atoms with Gasteiger partial charge in [0.15, 0.2) is 0 Å². The van der Waals surface area contributed by atoms with Crippen LogP contribution in [0.2, 0.25) is 0 Å². The summed E-state index contributed by atoms with van der Waals surface area (Å²) in [4.78, 5) is 52.2. The maximum absolute atomic E-state index is 11.3. The van der Waals surface area contributed by atoms with Gasteiger partial charge in [0.2, 0.25) is 11.8 Å². The highest BCUT2D eigenvalue weighted by molar-refractivity contribution is 5.83. The van der Waals surface area contributed by atoms with Gasteiger partial charge in [-0.2, -0.15) is 0 Å². The maximum atomic E-state index is 11.3. The third-order valence-electron chi connectivity index (χ3n) is 2.84. The second kappa shape index (κ2) is 12.6. The number of amides is 2. The molecule has 0 aliphatic heterocycles. The highest BCUT2D eigenvalue weighted by atomic mass is 16.5. The van der Waals surface area contributed by atoms with Gasteiger partial charge in [0.25, 0.3) is 0 Å². The topological polar surface area (TPSA) is 265 Å². The quantitative estimate of drug-likeness (QED) is 0.181. The Morgan fingerprint density at radius 1 is 0.885 bits per heavy atom. The Bertz CT molecular complexity index is 527. The Morgan fingerprint density at radius 2 is 1.38 bits per heavy atom. The fraction of sp³-hybridized carbons (Fsp3) is 0.615. The lowest BCUT2D eigenvalue weighted by atomic mass is 10.1. The lowest BCUT2D eigenvalue weighted by Gasteiger charge is -2.19. The van der Waals surface area contributed by atoms with Crippen LogP contribution in [0.15, 0.2) is 0 Å². The van der Waals surface area contributed by atoms with Gasteiger partial charge >= 0.3 is 17.9 Å². The van der Waals surface area contributed by atoms with Gasteiger partial charge in [0.1, 0.15) is 24.2 Å². The van der Waals surface area contributed by atoms with Crippen molar-refractivity contribution >= 4 is 29.7 Å². The molecule has 4 atom stereocenters. The number of esters is 1. The van der Waals surface area contributed by atoms with Crippen molar-refractivity contribution in [1.82, 2.24) is 0 Å². The van der Waals surface area contributed by atoms with Crippen LogP contribution >= 0.6 is 0 Å². The number of carboxylic acid groups (broad SMARTS) is 2. The third kappa shape index (κ3) is 12.6. The number of carbonyl (C=O) groups is 5. The highest BCUT2D eigenvalue weighted by Crippen LogP contribution is 2.02.